The minimum absolute atomic E-state index is 0.196. The van der Waals surface area contributed by atoms with Crippen molar-refractivity contribution in [3.8, 4) is 0 Å². The maximum absolute atomic E-state index is 13.0. The zero-order chi connectivity index (χ0) is 12.5. The predicted molar refractivity (Wildman–Crippen MR) is 58.7 cm³/mol. The number of carbonyl (C=O) groups is 1. The summed E-state index contributed by atoms with van der Waals surface area (Å²) in [6.07, 6.45) is 2.57. The van der Waals surface area contributed by atoms with Crippen LogP contribution in [0.25, 0.3) is 0 Å². The molecule has 3 atom stereocenters. The molecule has 2 saturated carbocycles. The fraction of sp³-hybridized carbons (Fsp3) is 0.917. The molecule has 0 aromatic rings. The second-order valence-corrected chi connectivity index (χ2v) is 5.26. The fourth-order valence-corrected chi connectivity index (χ4v) is 2.75. The molecule has 2 fully saturated rings. The van der Waals surface area contributed by atoms with Gasteiger partial charge in [0.15, 0.2) is 0 Å². The van der Waals surface area contributed by atoms with Gasteiger partial charge in [0, 0.05) is 18.8 Å². The van der Waals surface area contributed by atoms with Gasteiger partial charge in [-0.15, -0.1) is 0 Å². The van der Waals surface area contributed by atoms with Gasteiger partial charge in [-0.1, -0.05) is 12.8 Å². The number of hydrogen-bond donors (Lipinski definition) is 2. The lowest BCUT2D eigenvalue weighted by atomic mass is 9.92. The van der Waals surface area contributed by atoms with Crippen molar-refractivity contribution in [2.24, 2.45) is 5.92 Å². The van der Waals surface area contributed by atoms with Crippen molar-refractivity contribution >= 4 is 5.91 Å². The molecule has 0 aliphatic heterocycles. The number of hydrogen-bond acceptors (Lipinski definition) is 2. The van der Waals surface area contributed by atoms with Crippen molar-refractivity contribution < 1.29 is 18.7 Å². The lowest BCUT2D eigenvalue weighted by molar-refractivity contribution is -0.127. The van der Waals surface area contributed by atoms with Crippen LogP contribution in [0.3, 0.4) is 0 Å². The van der Waals surface area contributed by atoms with Crippen molar-refractivity contribution in [2.75, 3.05) is 0 Å². The van der Waals surface area contributed by atoms with Gasteiger partial charge in [0.2, 0.25) is 11.8 Å². The second-order valence-electron chi connectivity index (χ2n) is 5.26. The molecule has 1 unspecified atom stereocenters. The summed E-state index contributed by atoms with van der Waals surface area (Å²) in [6.45, 7) is 0. The summed E-state index contributed by atoms with van der Waals surface area (Å²) in [6, 6.07) is -0.245. The first kappa shape index (κ1) is 12.7. The minimum Gasteiger partial charge on any atom is -0.391 e. The topological polar surface area (TPSA) is 49.3 Å². The monoisotopic (exact) mass is 247 g/mol. The van der Waals surface area contributed by atoms with Gasteiger partial charge in [-0.25, -0.2) is 8.78 Å². The number of alkyl halides is 2. The van der Waals surface area contributed by atoms with Gasteiger partial charge in [-0.2, -0.15) is 0 Å². The zero-order valence-electron chi connectivity index (χ0n) is 9.79. The van der Waals surface area contributed by atoms with Crippen LogP contribution in [0.15, 0.2) is 0 Å². The van der Waals surface area contributed by atoms with E-state index in [1.807, 2.05) is 0 Å². The molecular formula is C12H19F2NO2. The molecule has 3 nitrogen and oxygen atoms in total. The van der Waals surface area contributed by atoms with E-state index >= 15 is 0 Å². The smallest absolute Gasteiger partial charge is 0.248 e. The quantitative estimate of drug-likeness (QED) is 0.782. The van der Waals surface area contributed by atoms with E-state index in [2.05, 4.69) is 5.32 Å². The number of nitrogens with one attached hydrogen (secondary N) is 1. The Labute approximate surface area is 99.6 Å². The number of rotatable bonds is 2. The molecule has 0 aromatic carbocycles. The minimum atomic E-state index is -2.69. The van der Waals surface area contributed by atoms with Crippen molar-refractivity contribution in [3.05, 3.63) is 0 Å². The molecule has 0 spiro atoms. The molecule has 2 aliphatic carbocycles. The first-order valence-electron chi connectivity index (χ1n) is 6.34. The summed E-state index contributed by atoms with van der Waals surface area (Å²) in [7, 11) is 0. The molecule has 2 N–H and O–H groups in total. The van der Waals surface area contributed by atoms with Crippen LogP contribution in [0.5, 0.6) is 0 Å². The highest BCUT2D eigenvalue weighted by Gasteiger charge is 2.43. The Kier molecular flexibility index (Phi) is 3.66. The first-order chi connectivity index (χ1) is 7.98. The molecule has 0 aromatic heterocycles. The molecule has 0 radical (unpaired) electrons. The van der Waals surface area contributed by atoms with Crippen LogP contribution in [0.1, 0.15) is 44.9 Å². The van der Waals surface area contributed by atoms with Gasteiger partial charge in [0.1, 0.15) is 0 Å². The highest BCUT2D eigenvalue weighted by Crippen LogP contribution is 2.39. The molecule has 2 rings (SSSR count). The lowest BCUT2D eigenvalue weighted by Crippen LogP contribution is -2.47. The van der Waals surface area contributed by atoms with Crippen LogP contribution in [-0.4, -0.2) is 29.1 Å². The van der Waals surface area contributed by atoms with Crippen LogP contribution in [-0.2, 0) is 4.79 Å². The average molecular weight is 247 g/mol. The van der Waals surface area contributed by atoms with Crippen molar-refractivity contribution in [1.29, 1.82) is 0 Å². The Morgan fingerprint density at radius 3 is 2.53 bits per heavy atom. The third kappa shape index (κ3) is 3.15. The third-order valence-electron chi connectivity index (χ3n) is 3.83. The standard InChI is InChI=1S/C12H19F2NO2/c13-12(14)6-5-8(7-12)11(17)15-9-3-1-2-4-10(9)16/h8-10,16H,1-7H2,(H,15,17)/t8?,9-,10-/m1/s1. The maximum atomic E-state index is 13.0. The Morgan fingerprint density at radius 1 is 1.24 bits per heavy atom. The third-order valence-corrected chi connectivity index (χ3v) is 3.83. The summed E-state index contributed by atoms with van der Waals surface area (Å²) >= 11 is 0. The largest absolute Gasteiger partial charge is 0.391 e. The zero-order valence-corrected chi connectivity index (χ0v) is 9.79. The lowest BCUT2D eigenvalue weighted by Gasteiger charge is -2.29. The van der Waals surface area contributed by atoms with Crippen LogP contribution in [0.2, 0.25) is 0 Å². The summed E-state index contributed by atoms with van der Waals surface area (Å²) in [4.78, 5) is 11.8. The average Bonchev–Trinajstić information content (AvgIpc) is 2.62. The predicted octanol–water partition coefficient (Wildman–Crippen LogP) is 1.84. The molecule has 5 heteroatoms. The van der Waals surface area contributed by atoms with E-state index in [0.29, 0.717) is 6.42 Å². The normalized spacial score (nSPS) is 36.8. The van der Waals surface area contributed by atoms with Crippen LogP contribution >= 0.6 is 0 Å². The highest BCUT2D eigenvalue weighted by atomic mass is 19.3. The fourth-order valence-electron chi connectivity index (χ4n) is 2.75. The number of carbonyl (C=O) groups excluding carboxylic acids is 1. The molecule has 0 heterocycles. The SMILES string of the molecule is O=C(N[C@@H]1CCCC[C@H]1O)C1CCC(F)(F)C1. The summed E-state index contributed by atoms with van der Waals surface area (Å²) in [5.41, 5.74) is 0. The van der Waals surface area contributed by atoms with E-state index in [4.69, 9.17) is 0 Å². The number of aliphatic hydroxyl groups is 1. The summed E-state index contributed by atoms with van der Waals surface area (Å²) in [5, 5.41) is 12.4. The van der Waals surface area contributed by atoms with Crippen LogP contribution < -0.4 is 5.32 Å². The van der Waals surface area contributed by atoms with E-state index in [1.54, 1.807) is 0 Å². The van der Waals surface area contributed by atoms with E-state index in [9.17, 15) is 18.7 Å². The number of amides is 1. The highest BCUT2D eigenvalue weighted by molar-refractivity contribution is 5.79. The Balaban J connectivity index is 1.84. The van der Waals surface area contributed by atoms with E-state index < -0.39 is 17.9 Å². The van der Waals surface area contributed by atoms with Crippen molar-refractivity contribution in [2.45, 2.75) is 63.0 Å². The number of halogens is 2. The van der Waals surface area contributed by atoms with E-state index in [-0.39, 0.29) is 31.2 Å². The molecule has 2 aliphatic rings. The Hall–Kier alpha value is -0.710. The van der Waals surface area contributed by atoms with Gasteiger partial charge in [-0.05, 0) is 19.3 Å². The second kappa shape index (κ2) is 4.88. The van der Waals surface area contributed by atoms with Gasteiger partial charge < -0.3 is 10.4 Å². The molecular weight excluding hydrogens is 228 g/mol. The summed E-state index contributed by atoms with van der Waals surface area (Å²) in [5.74, 6) is -3.58. The van der Waals surface area contributed by atoms with Crippen LogP contribution in [0, 0.1) is 5.92 Å². The maximum Gasteiger partial charge on any atom is 0.248 e. The van der Waals surface area contributed by atoms with Gasteiger partial charge in [0.05, 0.1) is 12.1 Å². The van der Waals surface area contributed by atoms with Crippen molar-refractivity contribution in [1.82, 2.24) is 5.32 Å². The van der Waals surface area contributed by atoms with Crippen molar-refractivity contribution in [3.63, 3.8) is 0 Å². The van der Waals surface area contributed by atoms with Gasteiger partial charge in [-0.3, -0.25) is 4.79 Å². The molecule has 98 valence electrons. The van der Waals surface area contributed by atoms with Crippen LogP contribution in [0.4, 0.5) is 8.78 Å². The summed E-state index contributed by atoms with van der Waals surface area (Å²) < 4.78 is 26.0. The van der Waals surface area contributed by atoms with E-state index in [0.717, 1.165) is 19.3 Å². The van der Waals surface area contributed by atoms with Gasteiger partial charge in [0.25, 0.3) is 0 Å². The van der Waals surface area contributed by atoms with Gasteiger partial charge >= 0.3 is 0 Å². The molecule has 17 heavy (non-hydrogen) atoms. The van der Waals surface area contributed by atoms with E-state index in [1.165, 1.54) is 0 Å². The molecule has 0 saturated heterocycles. The first-order valence-corrected chi connectivity index (χ1v) is 6.34. The Morgan fingerprint density at radius 2 is 1.94 bits per heavy atom. The Bertz CT molecular complexity index is 296. The number of aliphatic hydroxyl groups excluding tert-OH is 1. The molecule has 0 bridgehead atoms. The molecule has 1 amide bonds.